The lowest BCUT2D eigenvalue weighted by molar-refractivity contribution is 0.0659. The third-order valence-corrected chi connectivity index (χ3v) is 2.69. The molecular weight excluding hydrogens is 198 g/mol. The largest absolute Gasteiger partial charge is 0.378 e. The molecule has 78 valence electrons. The van der Waals surface area contributed by atoms with Gasteiger partial charge in [-0.2, -0.15) is 0 Å². The summed E-state index contributed by atoms with van der Waals surface area (Å²) in [5.74, 6) is 1.05. The van der Waals surface area contributed by atoms with Gasteiger partial charge < -0.3 is 15.0 Å². The molecule has 1 saturated heterocycles. The van der Waals surface area contributed by atoms with Gasteiger partial charge in [0.05, 0.1) is 18.8 Å². The highest BCUT2D eigenvalue weighted by Gasteiger charge is 2.35. The fourth-order valence-electron chi connectivity index (χ4n) is 1.83. The molecule has 0 aromatic heterocycles. The SMILES string of the molecule is CC1(C)NC(=S)N=C1N1CCOCC1. The standard InChI is InChI=1S/C9H15N3OS/c1-9(2)7(10-8(14)11-9)12-3-5-13-6-4-12/h3-6H2,1-2H3,(H,11,14). The monoisotopic (exact) mass is 213 g/mol. The normalized spacial score (nSPS) is 26.0. The molecule has 0 unspecified atom stereocenters. The molecule has 4 nitrogen and oxygen atoms in total. The second-order valence-electron chi connectivity index (χ2n) is 4.09. The van der Waals surface area contributed by atoms with Crippen molar-refractivity contribution in [1.82, 2.24) is 10.2 Å². The van der Waals surface area contributed by atoms with Crippen molar-refractivity contribution in [2.75, 3.05) is 26.3 Å². The van der Waals surface area contributed by atoms with Crippen molar-refractivity contribution in [2.24, 2.45) is 4.99 Å². The number of morpholine rings is 1. The molecule has 0 amide bonds. The van der Waals surface area contributed by atoms with Crippen LogP contribution in [-0.2, 0) is 4.74 Å². The molecule has 0 saturated carbocycles. The van der Waals surface area contributed by atoms with Gasteiger partial charge in [-0.1, -0.05) is 0 Å². The first kappa shape index (κ1) is 9.86. The summed E-state index contributed by atoms with van der Waals surface area (Å²) in [6, 6.07) is 0. The lowest BCUT2D eigenvalue weighted by atomic mass is 10.0. The Morgan fingerprint density at radius 3 is 2.57 bits per heavy atom. The fourth-order valence-corrected chi connectivity index (χ4v) is 2.17. The minimum absolute atomic E-state index is 0.131. The van der Waals surface area contributed by atoms with E-state index < -0.39 is 0 Å². The second kappa shape index (κ2) is 3.47. The van der Waals surface area contributed by atoms with Crippen LogP contribution >= 0.6 is 12.2 Å². The van der Waals surface area contributed by atoms with Crippen molar-refractivity contribution < 1.29 is 4.74 Å². The zero-order valence-corrected chi connectivity index (χ0v) is 9.36. The van der Waals surface area contributed by atoms with Crippen LogP contribution in [0, 0.1) is 0 Å². The first-order valence-corrected chi connectivity index (χ1v) is 5.24. The maximum atomic E-state index is 5.30. The molecule has 0 bridgehead atoms. The van der Waals surface area contributed by atoms with Crippen LogP contribution in [-0.4, -0.2) is 47.7 Å². The molecule has 2 aliphatic rings. The maximum Gasteiger partial charge on any atom is 0.195 e. The second-order valence-corrected chi connectivity index (χ2v) is 4.48. The number of nitrogens with one attached hydrogen (secondary N) is 1. The summed E-state index contributed by atoms with van der Waals surface area (Å²) >= 11 is 5.06. The summed E-state index contributed by atoms with van der Waals surface area (Å²) in [7, 11) is 0. The molecule has 14 heavy (non-hydrogen) atoms. The average Bonchev–Trinajstić information content (AvgIpc) is 2.41. The Kier molecular flexibility index (Phi) is 2.45. The number of hydrogen-bond acceptors (Lipinski definition) is 3. The molecule has 1 fully saturated rings. The Bertz CT molecular complexity index is 282. The Hall–Kier alpha value is -0.680. The summed E-state index contributed by atoms with van der Waals surface area (Å²) in [6.45, 7) is 7.57. The summed E-state index contributed by atoms with van der Waals surface area (Å²) in [5, 5.41) is 3.78. The van der Waals surface area contributed by atoms with E-state index >= 15 is 0 Å². The highest BCUT2D eigenvalue weighted by molar-refractivity contribution is 7.80. The van der Waals surface area contributed by atoms with Crippen LogP contribution in [0.1, 0.15) is 13.8 Å². The van der Waals surface area contributed by atoms with Gasteiger partial charge in [-0.05, 0) is 26.1 Å². The van der Waals surface area contributed by atoms with Crippen LogP contribution in [0.15, 0.2) is 4.99 Å². The van der Waals surface area contributed by atoms with Gasteiger partial charge in [0.2, 0.25) is 0 Å². The van der Waals surface area contributed by atoms with Crippen molar-refractivity contribution in [3.8, 4) is 0 Å². The van der Waals surface area contributed by atoms with Crippen molar-refractivity contribution in [2.45, 2.75) is 19.4 Å². The Morgan fingerprint density at radius 2 is 2.07 bits per heavy atom. The molecule has 0 aromatic carbocycles. The van der Waals surface area contributed by atoms with Crippen molar-refractivity contribution >= 4 is 23.2 Å². The third-order valence-electron chi connectivity index (χ3n) is 2.50. The number of aliphatic imine (C=N–C) groups is 1. The summed E-state index contributed by atoms with van der Waals surface area (Å²) in [5.41, 5.74) is -0.131. The fraction of sp³-hybridized carbons (Fsp3) is 0.778. The van der Waals surface area contributed by atoms with E-state index in [1.165, 1.54) is 0 Å². The van der Waals surface area contributed by atoms with E-state index in [0.717, 1.165) is 32.1 Å². The van der Waals surface area contributed by atoms with Gasteiger partial charge in [-0.15, -0.1) is 0 Å². The molecule has 0 aromatic rings. The average molecular weight is 213 g/mol. The summed E-state index contributed by atoms with van der Waals surface area (Å²) in [4.78, 5) is 6.62. The first-order chi connectivity index (χ1) is 6.59. The number of amidine groups is 1. The Labute approximate surface area is 89.3 Å². The third kappa shape index (κ3) is 1.74. The van der Waals surface area contributed by atoms with Gasteiger partial charge in [0, 0.05) is 13.1 Å². The summed E-state index contributed by atoms with van der Waals surface area (Å²) in [6.07, 6.45) is 0. The number of hydrogen-bond donors (Lipinski definition) is 1. The van der Waals surface area contributed by atoms with Crippen molar-refractivity contribution in [3.05, 3.63) is 0 Å². The Morgan fingerprint density at radius 1 is 1.43 bits per heavy atom. The lowest BCUT2D eigenvalue weighted by Gasteiger charge is -2.34. The predicted molar refractivity (Wildman–Crippen MR) is 59.6 cm³/mol. The molecule has 0 atom stereocenters. The van der Waals surface area contributed by atoms with Crippen LogP contribution in [0.2, 0.25) is 0 Å². The maximum absolute atomic E-state index is 5.30. The van der Waals surface area contributed by atoms with E-state index in [1.54, 1.807) is 0 Å². The van der Waals surface area contributed by atoms with Crippen molar-refractivity contribution in [1.29, 1.82) is 0 Å². The number of nitrogens with zero attached hydrogens (tertiary/aromatic N) is 2. The van der Waals surface area contributed by atoms with E-state index in [2.05, 4.69) is 29.1 Å². The molecule has 0 radical (unpaired) electrons. The number of thiocarbonyl (C=S) groups is 1. The van der Waals surface area contributed by atoms with Gasteiger partial charge >= 0.3 is 0 Å². The first-order valence-electron chi connectivity index (χ1n) is 4.83. The lowest BCUT2D eigenvalue weighted by Crippen LogP contribution is -2.52. The van der Waals surface area contributed by atoms with Crippen LogP contribution in [0.25, 0.3) is 0 Å². The van der Waals surface area contributed by atoms with Crippen LogP contribution in [0.4, 0.5) is 0 Å². The quantitative estimate of drug-likeness (QED) is 0.590. The van der Waals surface area contributed by atoms with Gasteiger partial charge in [0.1, 0.15) is 5.84 Å². The molecule has 0 aliphatic carbocycles. The molecule has 5 heteroatoms. The van der Waals surface area contributed by atoms with Gasteiger partial charge in [0.25, 0.3) is 0 Å². The summed E-state index contributed by atoms with van der Waals surface area (Å²) < 4.78 is 5.30. The molecule has 0 spiro atoms. The predicted octanol–water partition coefficient (Wildman–Crippen LogP) is 0.384. The van der Waals surface area contributed by atoms with E-state index in [9.17, 15) is 0 Å². The minimum Gasteiger partial charge on any atom is -0.378 e. The van der Waals surface area contributed by atoms with E-state index in [1.807, 2.05) is 0 Å². The van der Waals surface area contributed by atoms with E-state index in [4.69, 9.17) is 17.0 Å². The van der Waals surface area contributed by atoms with Crippen LogP contribution in [0.3, 0.4) is 0 Å². The molecule has 2 heterocycles. The van der Waals surface area contributed by atoms with Crippen LogP contribution < -0.4 is 5.32 Å². The van der Waals surface area contributed by atoms with Crippen molar-refractivity contribution in [3.63, 3.8) is 0 Å². The number of ether oxygens (including phenoxy) is 1. The van der Waals surface area contributed by atoms with E-state index in [-0.39, 0.29) is 5.54 Å². The zero-order chi connectivity index (χ0) is 10.2. The molecule has 1 N–H and O–H groups in total. The topological polar surface area (TPSA) is 36.9 Å². The Balaban J connectivity index is 2.15. The zero-order valence-electron chi connectivity index (χ0n) is 8.54. The molecular formula is C9H15N3OS. The molecule has 2 aliphatic heterocycles. The van der Waals surface area contributed by atoms with E-state index in [0.29, 0.717) is 5.11 Å². The smallest absolute Gasteiger partial charge is 0.195 e. The van der Waals surface area contributed by atoms with Crippen LogP contribution in [0.5, 0.6) is 0 Å². The minimum atomic E-state index is -0.131. The number of rotatable bonds is 0. The molecule has 2 rings (SSSR count). The highest BCUT2D eigenvalue weighted by Crippen LogP contribution is 2.17. The highest BCUT2D eigenvalue weighted by atomic mass is 32.1. The van der Waals surface area contributed by atoms with Gasteiger partial charge in [-0.3, -0.25) is 0 Å². The van der Waals surface area contributed by atoms with Gasteiger partial charge in [0.15, 0.2) is 5.11 Å². The van der Waals surface area contributed by atoms with Gasteiger partial charge in [-0.25, -0.2) is 4.99 Å².